The third-order valence-electron chi connectivity index (χ3n) is 3.14. The van der Waals surface area contributed by atoms with Crippen molar-refractivity contribution in [1.29, 1.82) is 0 Å². The van der Waals surface area contributed by atoms with Crippen molar-refractivity contribution in [3.8, 4) is 0 Å². The number of hydrogen-bond acceptors (Lipinski definition) is 2. The molecule has 1 aromatic heterocycles. The third-order valence-corrected chi connectivity index (χ3v) is 3.14. The van der Waals surface area contributed by atoms with E-state index in [4.69, 9.17) is 0 Å². The van der Waals surface area contributed by atoms with Crippen molar-refractivity contribution in [3.05, 3.63) is 29.8 Å². The molecule has 0 saturated heterocycles. The van der Waals surface area contributed by atoms with Crippen LogP contribution in [0.2, 0.25) is 0 Å². The maximum absolute atomic E-state index is 13.3. The molecule has 1 N–H and O–H groups in total. The van der Waals surface area contributed by atoms with Gasteiger partial charge in [-0.05, 0) is 25.8 Å². The van der Waals surface area contributed by atoms with Crippen molar-refractivity contribution in [2.75, 3.05) is 0 Å². The molecule has 16 heavy (non-hydrogen) atoms. The second kappa shape index (κ2) is 4.20. The van der Waals surface area contributed by atoms with E-state index >= 15 is 0 Å². The number of carbonyl (C=O) groups is 1. The van der Waals surface area contributed by atoms with Gasteiger partial charge < -0.3 is 5.32 Å². The van der Waals surface area contributed by atoms with Crippen LogP contribution in [0.5, 0.6) is 0 Å². The minimum atomic E-state index is -0.568. The minimum absolute atomic E-state index is 0.0723. The van der Waals surface area contributed by atoms with Crippen LogP contribution in [0.4, 0.5) is 4.39 Å². The van der Waals surface area contributed by atoms with Crippen molar-refractivity contribution in [3.63, 3.8) is 0 Å². The molecule has 2 rings (SSSR count). The van der Waals surface area contributed by atoms with Crippen LogP contribution in [0.1, 0.15) is 43.0 Å². The quantitative estimate of drug-likeness (QED) is 0.834. The normalized spacial score (nSPS) is 18.4. The lowest BCUT2D eigenvalue weighted by Gasteiger charge is -2.25. The fourth-order valence-electron chi connectivity index (χ4n) is 2.18. The number of nitrogens with one attached hydrogen (secondary N) is 1. The number of halogens is 1. The molecule has 1 amide bonds. The Balaban J connectivity index is 2.11. The molecule has 1 saturated carbocycles. The molecule has 1 aliphatic carbocycles. The second-order valence-corrected chi connectivity index (χ2v) is 4.58. The van der Waals surface area contributed by atoms with Gasteiger partial charge in [0.05, 0.1) is 11.8 Å². The lowest BCUT2D eigenvalue weighted by Crippen LogP contribution is -2.43. The topological polar surface area (TPSA) is 42.0 Å². The minimum Gasteiger partial charge on any atom is -0.347 e. The van der Waals surface area contributed by atoms with E-state index in [0.717, 1.165) is 31.9 Å². The van der Waals surface area contributed by atoms with E-state index in [9.17, 15) is 9.18 Å². The van der Waals surface area contributed by atoms with Crippen LogP contribution in [0.25, 0.3) is 0 Å². The highest BCUT2D eigenvalue weighted by atomic mass is 19.1. The fraction of sp³-hybridized carbons (Fsp3) is 0.500. The zero-order valence-electron chi connectivity index (χ0n) is 9.29. The molecular weight excluding hydrogens is 207 g/mol. The van der Waals surface area contributed by atoms with Crippen LogP contribution >= 0.6 is 0 Å². The first-order valence-electron chi connectivity index (χ1n) is 5.53. The summed E-state index contributed by atoms with van der Waals surface area (Å²) < 4.78 is 13.3. The Morgan fingerprint density at radius 2 is 2.19 bits per heavy atom. The van der Waals surface area contributed by atoms with Gasteiger partial charge in [-0.1, -0.05) is 12.8 Å². The Bertz CT molecular complexity index is 400. The molecule has 3 nitrogen and oxygen atoms in total. The summed E-state index contributed by atoms with van der Waals surface area (Å²) in [6.45, 7) is 2.01. The Kier molecular flexibility index (Phi) is 2.90. The Morgan fingerprint density at radius 1 is 1.50 bits per heavy atom. The second-order valence-electron chi connectivity index (χ2n) is 4.58. The van der Waals surface area contributed by atoms with Crippen molar-refractivity contribution >= 4 is 5.91 Å². The maximum Gasteiger partial charge on any atom is 0.254 e. The van der Waals surface area contributed by atoms with Crippen LogP contribution in [0.15, 0.2) is 18.5 Å². The predicted molar refractivity (Wildman–Crippen MR) is 58.5 cm³/mol. The van der Waals surface area contributed by atoms with E-state index in [1.807, 2.05) is 6.92 Å². The average Bonchev–Trinajstić information content (AvgIpc) is 2.65. The highest BCUT2D eigenvalue weighted by Crippen LogP contribution is 2.29. The van der Waals surface area contributed by atoms with Gasteiger partial charge in [0.2, 0.25) is 0 Å². The molecule has 0 atom stereocenters. The SMILES string of the molecule is CC1(NC(=O)c2ccncc2F)CCCC1. The van der Waals surface area contributed by atoms with Gasteiger partial charge in [0.1, 0.15) is 0 Å². The largest absolute Gasteiger partial charge is 0.347 e. The monoisotopic (exact) mass is 222 g/mol. The van der Waals surface area contributed by atoms with Crippen LogP contribution in [0.3, 0.4) is 0 Å². The van der Waals surface area contributed by atoms with Gasteiger partial charge in [0.25, 0.3) is 5.91 Å². The summed E-state index contributed by atoms with van der Waals surface area (Å²) in [6, 6.07) is 1.41. The summed E-state index contributed by atoms with van der Waals surface area (Å²) in [5.74, 6) is -0.911. The molecule has 1 aliphatic rings. The van der Waals surface area contributed by atoms with Crippen LogP contribution in [-0.4, -0.2) is 16.4 Å². The van der Waals surface area contributed by atoms with E-state index in [-0.39, 0.29) is 17.0 Å². The molecule has 0 aromatic carbocycles. The third kappa shape index (κ3) is 2.21. The molecule has 0 radical (unpaired) electrons. The smallest absolute Gasteiger partial charge is 0.254 e. The van der Waals surface area contributed by atoms with Crippen molar-refractivity contribution in [2.45, 2.75) is 38.1 Å². The number of rotatable bonds is 2. The van der Waals surface area contributed by atoms with E-state index < -0.39 is 5.82 Å². The van der Waals surface area contributed by atoms with E-state index in [0.29, 0.717) is 0 Å². The number of amides is 1. The highest BCUT2D eigenvalue weighted by Gasteiger charge is 2.30. The first-order valence-corrected chi connectivity index (χ1v) is 5.53. The van der Waals surface area contributed by atoms with E-state index in [1.165, 1.54) is 12.3 Å². The molecule has 1 fully saturated rings. The lowest BCUT2D eigenvalue weighted by atomic mass is 10.00. The van der Waals surface area contributed by atoms with Crippen molar-refractivity contribution in [1.82, 2.24) is 10.3 Å². The molecule has 4 heteroatoms. The number of nitrogens with zero attached hydrogens (tertiary/aromatic N) is 1. The van der Waals surface area contributed by atoms with Gasteiger partial charge in [-0.3, -0.25) is 9.78 Å². The van der Waals surface area contributed by atoms with Gasteiger partial charge >= 0.3 is 0 Å². The molecular formula is C12H15FN2O. The van der Waals surface area contributed by atoms with Crippen LogP contribution < -0.4 is 5.32 Å². The summed E-state index contributed by atoms with van der Waals surface area (Å²) in [6.07, 6.45) is 6.66. The van der Waals surface area contributed by atoms with Gasteiger partial charge in [0.15, 0.2) is 5.82 Å². The van der Waals surface area contributed by atoms with Crippen molar-refractivity contribution < 1.29 is 9.18 Å². The van der Waals surface area contributed by atoms with Gasteiger partial charge in [-0.2, -0.15) is 0 Å². The number of carbonyl (C=O) groups excluding carboxylic acids is 1. The summed E-state index contributed by atoms with van der Waals surface area (Å²) in [4.78, 5) is 15.5. The zero-order valence-corrected chi connectivity index (χ0v) is 9.29. The summed E-state index contributed by atoms with van der Waals surface area (Å²) >= 11 is 0. The highest BCUT2D eigenvalue weighted by molar-refractivity contribution is 5.94. The van der Waals surface area contributed by atoms with Crippen LogP contribution in [0, 0.1) is 5.82 Å². The van der Waals surface area contributed by atoms with Gasteiger partial charge in [0, 0.05) is 11.7 Å². The summed E-state index contributed by atoms with van der Waals surface area (Å²) in [7, 11) is 0. The molecule has 0 aliphatic heterocycles. The first kappa shape index (κ1) is 11.0. The summed E-state index contributed by atoms with van der Waals surface area (Å²) in [5, 5.41) is 2.91. The Morgan fingerprint density at radius 3 is 2.81 bits per heavy atom. The molecule has 0 bridgehead atoms. The molecule has 1 aromatic rings. The lowest BCUT2D eigenvalue weighted by molar-refractivity contribution is 0.0904. The standard InChI is InChI=1S/C12H15FN2O/c1-12(5-2-3-6-12)15-11(16)9-4-7-14-8-10(9)13/h4,7-8H,2-3,5-6H2,1H3,(H,15,16). The Hall–Kier alpha value is -1.45. The molecule has 86 valence electrons. The predicted octanol–water partition coefficient (Wildman–Crippen LogP) is 2.28. The molecule has 0 unspecified atom stereocenters. The average molecular weight is 222 g/mol. The number of hydrogen-bond donors (Lipinski definition) is 1. The zero-order chi connectivity index (χ0) is 11.6. The van der Waals surface area contributed by atoms with E-state index in [1.54, 1.807) is 0 Å². The van der Waals surface area contributed by atoms with E-state index in [2.05, 4.69) is 10.3 Å². The van der Waals surface area contributed by atoms with Gasteiger partial charge in [-0.25, -0.2) is 4.39 Å². The first-order chi connectivity index (χ1) is 7.61. The molecule has 0 spiro atoms. The molecule has 1 heterocycles. The van der Waals surface area contributed by atoms with Crippen LogP contribution in [-0.2, 0) is 0 Å². The van der Waals surface area contributed by atoms with Gasteiger partial charge in [-0.15, -0.1) is 0 Å². The number of aromatic nitrogens is 1. The number of pyridine rings is 1. The maximum atomic E-state index is 13.3. The van der Waals surface area contributed by atoms with Crippen molar-refractivity contribution in [2.24, 2.45) is 0 Å². The Labute approximate surface area is 94.1 Å². The fourth-order valence-corrected chi connectivity index (χ4v) is 2.18. The summed E-state index contributed by atoms with van der Waals surface area (Å²) in [5.41, 5.74) is -0.101.